The summed E-state index contributed by atoms with van der Waals surface area (Å²) in [6.45, 7) is 4.13. The Morgan fingerprint density at radius 3 is 2.75 bits per heavy atom. The predicted molar refractivity (Wildman–Crippen MR) is 81.6 cm³/mol. The van der Waals surface area contributed by atoms with E-state index in [1.807, 2.05) is 0 Å². The molecule has 1 aromatic heterocycles. The van der Waals surface area contributed by atoms with E-state index in [4.69, 9.17) is 5.73 Å². The van der Waals surface area contributed by atoms with Gasteiger partial charge in [-0.1, -0.05) is 19.3 Å². The number of likely N-dealkylation sites (tertiary alicyclic amines) is 1. The number of piperidine rings is 1. The molecule has 2 heterocycles. The van der Waals surface area contributed by atoms with Gasteiger partial charge in [0.15, 0.2) is 0 Å². The van der Waals surface area contributed by atoms with Gasteiger partial charge >= 0.3 is 0 Å². The van der Waals surface area contributed by atoms with Gasteiger partial charge in [0, 0.05) is 37.6 Å². The van der Waals surface area contributed by atoms with Crippen LogP contribution in [0.1, 0.15) is 32.1 Å². The molecule has 1 aliphatic carbocycles. The monoisotopic (exact) mass is 275 g/mol. The standard InChI is InChI=1S/C16H25N3O/c17-15-5-6-16(20)19(12-15)10-9-18-8-7-13-3-1-2-4-14(13)11-18/h5-6,12-14H,1-4,7-11,17H2. The van der Waals surface area contributed by atoms with Gasteiger partial charge in [-0.3, -0.25) is 4.79 Å². The van der Waals surface area contributed by atoms with E-state index in [-0.39, 0.29) is 5.56 Å². The molecule has 2 fully saturated rings. The number of fused-ring (bicyclic) bond motifs is 1. The molecule has 20 heavy (non-hydrogen) atoms. The molecule has 1 aliphatic heterocycles. The Bertz CT molecular complexity index is 511. The number of hydrogen-bond donors (Lipinski definition) is 1. The first-order chi connectivity index (χ1) is 9.72. The molecule has 0 radical (unpaired) electrons. The van der Waals surface area contributed by atoms with Crippen LogP contribution in [0.3, 0.4) is 0 Å². The molecule has 0 bridgehead atoms. The Balaban J connectivity index is 1.56. The number of nitrogens with two attached hydrogens (primary N) is 1. The molecule has 0 aromatic carbocycles. The second-order valence-electron chi connectivity index (χ2n) is 6.39. The molecule has 1 aromatic rings. The summed E-state index contributed by atoms with van der Waals surface area (Å²) in [7, 11) is 0. The van der Waals surface area contributed by atoms with Gasteiger partial charge in [0.25, 0.3) is 5.56 Å². The fourth-order valence-corrected chi connectivity index (χ4v) is 3.85. The van der Waals surface area contributed by atoms with Crippen molar-refractivity contribution in [1.82, 2.24) is 9.47 Å². The fourth-order valence-electron chi connectivity index (χ4n) is 3.85. The number of rotatable bonds is 3. The Labute approximate surface area is 120 Å². The van der Waals surface area contributed by atoms with Gasteiger partial charge in [0.2, 0.25) is 0 Å². The van der Waals surface area contributed by atoms with Crippen LogP contribution in [-0.2, 0) is 6.54 Å². The summed E-state index contributed by atoms with van der Waals surface area (Å²) in [6, 6.07) is 3.23. The first kappa shape index (κ1) is 13.7. The zero-order chi connectivity index (χ0) is 13.9. The van der Waals surface area contributed by atoms with E-state index in [0.29, 0.717) is 5.69 Å². The van der Waals surface area contributed by atoms with Crippen LogP contribution in [0.4, 0.5) is 5.69 Å². The molecule has 2 N–H and O–H groups in total. The third kappa shape index (κ3) is 3.06. The third-order valence-corrected chi connectivity index (χ3v) is 5.04. The maximum absolute atomic E-state index is 11.8. The average molecular weight is 275 g/mol. The van der Waals surface area contributed by atoms with Crippen molar-refractivity contribution in [2.75, 3.05) is 25.4 Å². The zero-order valence-corrected chi connectivity index (χ0v) is 12.1. The van der Waals surface area contributed by atoms with Crippen molar-refractivity contribution in [1.29, 1.82) is 0 Å². The second-order valence-corrected chi connectivity index (χ2v) is 6.39. The quantitative estimate of drug-likeness (QED) is 0.917. The molecule has 2 unspecified atom stereocenters. The minimum Gasteiger partial charge on any atom is -0.398 e. The first-order valence-electron chi connectivity index (χ1n) is 7.91. The molecule has 2 atom stereocenters. The molecule has 0 amide bonds. The fraction of sp³-hybridized carbons (Fsp3) is 0.688. The largest absolute Gasteiger partial charge is 0.398 e. The number of pyridine rings is 1. The van der Waals surface area contributed by atoms with Crippen LogP contribution < -0.4 is 11.3 Å². The van der Waals surface area contributed by atoms with Crippen molar-refractivity contribution in [3.63, 3.8) is 0 Å². The molecule has 2 aliphatic rings. The van der Waals surface area contributed by atoms with Crippen molar-refractivity contribution >= 4 is 5.69 Å². The van der Waals surface area contributed by atoms with Crippen molar-refractivity contribution < 1.29 is 0 Å². The molecular formula is C16H25N3O. The summed E-state index contributed by atoms with van der Waals surface area (Å²) in [5, 5.41) is 0. The lowest BCUT2D eigenvalue weighted by Crippen LogP contribution is -2.43. The lowest BCUT2D eigenvalue weighted by Gasteiger charge is -2.41. The van der Waals surface area contributed by atoms with Crippen molar-refractivity contribution in [2.24, 2.45) is 11.8 Å². The smallest absolute Gasteiger partial charge is 0.250 e. The Morgan fingerprint density at radius 2 is 1.90 bits per heavy atom. The third-order valence-electron chi connectivity index (χ3n) is 5.04. The van der Waals surface area contributed by atoms with E-state index < -0.39 is 0 Å². The van der Waals surface area contributed by atoms with Crippen LogP contribution in [0.5, 0.6) is 0 Å². The van der Waals surface area contributed by atoms with Gasteiger partial charge in [-0.25, -0.2) is 0 Å². The summed E-state index contributed by atoms with van der Waals surface area (Å²) in [5.41, 5.74) is 6.46. The Hall–Kier alpha value is -1.29. The molecular weight excluding hydrogens is 250 g/mol. The van der Waals surface area contributed by atoms with Gasteiger partial charge in [-0.05, 0) is 37.3 Å². The minimum atomic E-state index is 0.0479. The maximum Gasteiger partial charge on any atom is 0.250 e. The van der Waals surface area contributed by atoms with E-state index in [9.17, 15) is 4.79 Å². The Morgan fingerprint density at radius 1 is 1.10 bits per heavy atom. The van der Waals surface area contributed by atoms with E-state index in [1.165, 1.54) is 45.2 Å². The lowest BCUT2D eigenvalue weighted by atomic mass is 9.75. The summed E-state index contributed by atoms with van der Waals surface area (Å²) < 4.78 is 1.74. The van der Waals surface area contributed by atoms with Crippen LogP contribution in [0.25, 0.3) is 0 Å². The van der Waals surface area contributed by atoms with Gasteiger partial charge in [-0.2, -0.15) is 0 Å². The SMILES string of the molecule is Nc1ccc(=O)n(CCN2CCC3CCCCC3C2)c1. The topological polar surface area (TPSA) is 51.3 Å². The number of nitrogens with zero attached hydrogens (tertiary/aromatic N) is 2. The van der Waals surface area contributed by atoms with Crippen LogP contribution in [-0.4, -0.2) is 29.1 Å². The van der Waals surface area contributed by atoms with Crippen molar-refractivity contribution in [2.45, 2.75) is 38.6 Å². The molecule has 110 valence electrons. The first-order valence-corrected chi connectivity index (χ1v) is 7.91. The number of anilines is 1. The summed E-state index contributed by atoms with van der Waals surface area (Å²) in [6.07, 6.45) is 8.78. The molecule has 4 nitrogen and oxygen atoms in total. The predicted octanol–water partition coefficient (Wildman–Crippen LogP) is 1.94. The van der Waals surface area contributed by atoms with E-state index in [2.05, 4.69) is 4.90 Å². The Kier molecular flexibility index (Phi) is 4.10. The highest BCUT2D eigenvalue weighted by Crippen LogP contribution is 2.35. The number of nitrogen functional groups attached to an aromatic ring is 1. The molecule has 1 saturated heterocycles. The van der Waals surface area contributed by atoms with Crippen LogP contribution in [0, 0.1) is 11.8 Å². The highest BCUT2D eigenvalue weighted by Gasteiger charge is 2.30. The molecule has 1 saturated carbocycles. The van der Waals surface area contributed by atoms with E-state index in [0.717, 1.165) is 24.9 Å². The highest BCUT2D eigenvalue weighted by atomic mass is 16.1. The van der Waals surface area contributed by atoms with Crippen LogP contribution in [0.2, 0.25) is 0 Å². The molecule has 3 rings (SSSR count). The minimum absolute atomic E-state index is 0.0479. The number of aromatic nitrogens is 1. The normalized spacial score (nSPS) is 27.2. The van der Waals surface area contributed by atoms with E-state index >= 15 is 0 Å². The average Bonchev–Trinajstić information content (AvgIpc) is 2.48. The van der Waals surface area contributed by atoms with Crippen LogP contribution >= 0.6 is 0 Å². The van der Waals surface area contributed by atoms with Gasteiger partial charge in [-0.15, -0.1) is 0 Å². The van der Waals surface area contributed by atoms with Gasteiger partial charge < -0.3 is 15.2 Å². The van der Waals surface area contributed by atoms with Crippen LogP contribution in [0.15, 0.2) is 23.1 Å². The summed E-state index contributed by atoms with van der Waals surface area (Å²) >= 11 is 0. The van der Waals surface area contributed by atoms with E-state index in [1.54, 1.807) is 22.9 Å². The van der Waals surface area contributed by atoms with Gasteiger partial charge in [0.05, 0.1) is 0 Å². The molecule has 4 heteroatoms. The van der Waals surface area contributed by atoms with Crippen molar-refractivity contribution in [3.05, 3.63) is 28.7 Å². The number of hydrogen-bond acceptors (Lipinski definition) is 3. The van der Waals surface area contributed by atoms with Crippen molar-refractivity contribution in [3.8, 4) is 0 Å². The highest BCUT2D eigenvalue weighted by molar-refractivity contribution is 5.33. The van der Waals surface area contributed by atoms with Gasteiger partial charge in [0.1, 0.15) is 0 Å². The summed E-state index contributed by atoms with van der Waals surface area (Å²) in [4.78, 5) is 14.3. The zero-order valence-electron chi connectivity index (χ0n) is 12.1. The maximum atomic E-state index is 11.8. The second kappa shape index (κ2) is 6.00. The molecule has 0 spiro atoms. The summed E-state index contributed by atoms with van der Waals surface area (Å²) in [5.74, 6) is 1.87. The lowest BCUT2D eigenvalue weighted by molar-refractivity contribution is 0.0843.